The van der Waals surface area contributed by atoms with Crippen molar-refractivity contribution < 1.29 is 4.74 Å². The van der Waals surface area contributed by atoms with Gasteiger partial charge in [-0.25, -0.2) is 4.98 Å². The number of pyridine rings is 1. The van der Waals surface area contributed by atoms with Crippen LogP contribution in [0.5, 0.6) is 0 Å². The Bertz CT molecular complexity index is 287. The molecule has 0 aliphatic rings. The molecule has 72 valence electrons. The Morgan fingerprint density at radius 2 is 2.38 bits per heavy atom. The summed E-state index contributed by atoms with van der Waals surface area (Å²) in [6.07, 6.45) is 1.64. The minimum atomic E-state index is -0.550. The molecular formula is C9H13ClN2O. The van der Waals surface area contributed by atoms with Gasteiger partial charge in [-0.2, -0.15) is 0 Å². The van der Waals surface area contributed by atoms with Crippen molar-refractivity contribution in [1.82, 2.24) is 4.98 Å². The second-order valence-electron chi connectivity index (χ2n) is 2.98. The normalized spacial score (nSPS) is 15.4. The van der Waals surface area contributed by atoms with Gasteiger partial charge in [-0.1, -0.05) is 17.7 Å². The first-order valence-corrected chi connectivity index (χ1v) is 4.38. The number of hydrogen-bond acceptors (Lipinski definition) is 3. The molecule has 2 N–H and O–H groups in total. The van der Waals surface area contributed by atoms with Crippen LogP contribution < -0.4 is 5.73 Å². The largest absolute Gasteiger partial charge is 0.372 e. The van der Waals surface area contributed by atoms with Crippen LogP contribution in [0, 0.1) is 0 Å². The number of ether oxygens (including phenoxy) is 1. The lowest BCUT2D eigenvalue weighted by molar-refractivity contribution is 0.00990. The number of hydrogen-bond donors (Lipinski definition) is 1. The number of halogens is 1. The van der Waals surface area contributed by atoms with Crippen LogP contribution in [0.2, 0.25) is 5.15 Å². The first-order chi connectivity index (χ1) is 6.14. The fourth-order valence-corrected chi connectivity index (χ4v) is 1.40. The molecule has 0 aliphatic heterocycles. The van der Waals surface area contributed by atoms with Crippen LogP contribution in [-0.2, 0) is 10.3 Å². The highest BCUT2D eigenvalue weighted by Gasteiger charge is 2.26. The number of rotatable bonds is 3. The van der Waals surface area contributed by atoms with Gasteiger partial charge in [0.05, 0.1) is 0 Å². The van der Waals surface area contributed by atoms with E-state index < -0.39 is 5.60 Å². The van der Waals surface area contributed by atoms with E-state index >= 15 is 0 Å². The molecule has 0 radical (unpaired) electrons. The van der Waals surface area contributed by atoms with Gasteiger partial charge >= 0.3 is 0 Å². The Kier molecular flexibility index (Phi) is 3.25. The van der Waals surface area contributed by atoms with E-state index in [1.807, 2.05) is 19.1 Å². The van der Waals surface area contributed by atoms with Crippen molar-refractivity contribution >= 4 is 11.6 Å². The van der Waals surface area contributed by atoms with Gasteiger partial charge in [0, 0.05) is 25.4 Å². The van der Waals surface area contributed by atoms with E-state index in [-0.39, 0.29) is 0 Å². The summed E-state index contributed by atoms with van der Waals surface area (Å²) in [6, 6.07) is 3.68. The number of nitrogens with two attached hydrogens (primary N) is 1. The van der Waals surface area contributed by atoms with E-state index in [0.29, 0.717) is 11.7 Å². The number of aromatic nitrogens is 1. The topological polar surface area (TPSA) is 48.1 Å². The van der Waals surface area contributed by atoms with Gasteiger partial charge in [0.1, 0.15) is 10.8 Å². The van der Waals surface area contributed by atoms with Crippen LogP contribution in [0.15, 0.2) is 18.3 Å². The maximum atomic E-state index is 5.92. The molecule has 0 amide bonds. The maximum Gasteiger partial charge on any atom is 0.135 e. The molecule has 3 nitrogen and oxygen atoms in total. The van der Waals surface area contributed by atoms with E-state index in [4.69, 9.17) is 22.1 Å². The van der Waals surface area contributed by atoms with Crippen molar-refractivity contribution in [1.29, 1.82) is 0 Å². The zero-order valence-electron chi connectivity index (χ0n) is 7.75. The molecule has 1 unspecified atom stereocenters. The van der Waals surface area contributed by atoms with Crippen molar-refractivity contribution in [2.24, 2.45) is 5.73 Å². The second-order valence-corrected chi connectivity index (χ2v) is 3.34. The average molecular weight is 201 g/mol. The van der Waals surface area contributed by atoms with Crippen LogP contribution in [0.4, 0.5) is 0 Å². The van der Waals surface area contributed by atoms with E-state index in [0.717, 1.165) is 5.56 Å². The first kappa shape index (κ1) is 10.4. The van der Waals surface area contributed by atoms with Crippen molar-refractivity contribution in [2.75, 3.05) is 13.7 Å². The Balaban J connectivity index is 3.12. The second kappa shape index (κ2) is 4.05. The van der Waals surface area contributed by atoms with E-state index in [1.165, 1.54) is 0 Å². The Hall–Kier alpha value is -0.640. The van der Waals surface area contributed by atoms with Gasteiger partial charge in [0.25, 0.3) is 0 Å². The molecule has 0 saturated heterocycles. The van der Waals surface area contributed by atoms with Crippen LogP contribution >= 0.6 is 11.6 Å². The number of methoxy groups -OCH3 is 1. The smallest absolute Gasteiger partial charge is 0.135 e. The summed E-state index contributed by atoms with van der Waals surface area (Å²) in [5.74, 6) is 0. The van der Waals surface area contributed by atoms with E-state index in [2.05, 4.69) is 4.98 Å². The maximum absolute atomic E-state index is 5.92. The van der Waals surface area contributed by atoms with Crippen molar-refractivity contribution in [3.8, 4) is 0 Å². The molecule has 1 aromatic heterocycles. The molecule has 13 heavy (non-hydrogen) atoms. The molecule has 0 spiro atoms. The van der Waals surface area contributed by atoms with Crippen LogP contribution in [0.1, 0.15) is 12.5 Å². The molecule has 1 rings (SSSR count). The van der Waals surface area contributed by atoms with Gasteiger partial charge in [-0.15, -0.1) is 0 Å². The van der Waals surface area contributed by atoms with Crippen molar-refractivity contribution in [2.45, 2.75) is 12.5 Å². The summed E-state index contributed by atoms with van der Waals surface area (Å²) in [5, 5.41) is 0.442. The van der Waals surface area contributed by atoms with Gasteiger partial charge < -0.3 is 10.5 Å². The minimum Gasteiger partial charge on any atom is -0.372 e. The van der Waals surface area contributed by atoms with Gasteiger partial charge in [0.15, 0.2) is 0 Å². The van der Waals surface area contributed by atoms with Crippen molar-refractivity contribution in [3.63, 3.8) is 0 Å². The van der Waals surface area contributed by atoms with Gasteiger partial charge in [-0.3, -0.25) is 0 Å². The molecule has 4 heteroatoms. The Labute approximate surface area is 82.9 Å². The third-order valence-corrected chi connectivity index (χ3v) is 2.47. The minimum absolute atomic E-state index is 0.370. The quantitative estimate of drug-likeness (QED) is 0.754. The summed E-state index contributed by atoms with van der Waals surface area (Å²) >= 11 is 5.92. The standard InChI is InChI=1S/C9H13ClN2O/c1-9(6-11,13-2)7-4-3-5-12-8(7)10/h3-5H,6,11H2,1-2H3. The van der Waals surface area contributed by atoms with Crippen molar-refractivity contribution in [3.05, 3.63) is 29.0 Å². The lowest BCUT2D eigenvalue weighted by Gasteiger charge is -2.27. The summed E-state index contributed by atoms with van der Waals surface area (Å²) < 4.78 is 5.30. The molecule has 1 heterocycles. The third kappa shape index (κ3) is 1.99. The molecule has 1 atom stereocenters. The molecule has 0 bridgehead atoms. The summed E-state index contributed by atoms with van der Waals surface area (Å²) in [6.45, 7) is 2.25. The fourth-order valence-electron chi connectivity index (χ4n) is 1.08. The van der Waals surface area contributed by atoms with Crippen LogP contribution in [-0.4, -0.2) is 18.6 Å². The molecule has 0 aliphatic carbocycles. The lowest BCUT2D eigenvalue weighted by atomic mass is 9.98. The molecule has 0 fully saturated rings. The van der Waals surface area contributed by atoms with Crippen LogP contribution in [0.3, 0.4) is 0 Å². The highest BCUT2D eigenvalue weighted by Crippen LogP contribution is 2.27. The zero-order valence-corrected chi connectivity index (χ0v) is 8.51. The first-order valence-electron chi connectivity index (χ1n) is 4.00. The lowest BCUT2D eigenvalue weighted by Crippen LogP contribution is -2.34. The molecule has 0 aromatic carbocycles. The summed E-state index contributed by atoms with van der Waals surface area (Å²) in [7, 11) is 1.61. The Morgan fingerprint density at radius 3 is 2.85 bits per heavy atom. The molecule has 0 saturated carbocycles. The molecule has 1 aromatic rings. The SMILES string of the molecule is COC(C)(CN)c1cccnc1Cl. The molecular weight excluding hydrogens is 188 g/mol. The fraction of sp³-hybridized carbons (Fsp3) is 0.444. The third-order valence-electron chi connectivity index (χ3n) is 2.17. The van der Waals surface area contributed by atoms with Gasteiger partial charge in [0.2, 0.25) is 0 Å². The monoisotopic (exact) mass is 200 g/mol. The predicted molar refractivity (Wildman–Crippen MR) is 52.7 cm³/mol. The average Bonchev–Trinajstić information content (AvgIpc) is 2.17. The van der Waals surface area contributed by atoms with E-state index in [1.54, 1.807) is 13.3 Å². The Morgan fingerprint density at radius 1 is 1.69 bits per heavy atom. The predicted octanol–water partition coefficient (Wildman–Crippen LogP) is 1.56. The highest BCUT2D eigenvalue weighted by atomic mass is 35.5. The van der Waals surface area contributed by atoms with Gasteiger partial charge in [-0.05, 0) is 13.0 Å². The summed E-state index contributed by atoms with van der Waals surface area (Å²) in [5.41, 5.74) is 5.88. The van der Waals surface area contributed by atoms with E-state index in [9.17, 15) is 0 Å². The zero-order chi connectivity index (χ0) is 9.90. The highest BCUT2D eigenvalue weighted by molar-refractivity contribution is 6.30. The summed E-state index contributed by atoms with van der Waals surface area (Å²) in [4.78, 5) is 3.97. The van der Waals surface area contributed by atoms with Crippen LogP contribution in [0.25, 0.3) is 0 Å². The number of nitrogens with zero attached hydrogens (tertiary/aromatic N) is 1.